The van der Waals surface area contributed by atoms with Crippen molar-refractivity contribution in [2.24, 2.45) is 0 Å². The summed E-state index contributed by atoms with van der Waals surface area (Å²) in [5.41, 5.74) is 0. The molecule has 3 heteroatoms. The first kappa shape index (κ1) is 19.7. The molecule has 1 fully saturated rings. The Kier molecular flexibility index (Phi) is 11.2. The molecule has 0 aromatic heterocycles. The fourth-order valence-corrected chi connectivity index (χ4v) is 2.56. The largest absolute Gasteiger partial charge is 0.460 e. The van der Waals surface area contributed by atoms with Crippen molar-refractivity contribution in [1.29, 1.82) is 0 Å². The maximum atomic E-state index is 11.2. The highest BCUT2D eigenvalue weighted by atomic mass is 16.6. The second kappa shape index (κ2) is 13.1. The van der Waals surface area contributed by atoms with Gasteiger partial charge in [-0.15, -0.1) is 0 Å². The molecule has 0 radical (unpaired) electrons. The van der Waals surface area contributed by atoms with Crippen LogP contribution < -0.4 is 0 Å². The van der Waals surface area contributed by atoms with Crippen molar-refractivity contribution in [1.82, 2.24) is 0 Å². The number of rotatable bonds is 11. The van der Waals surface area contributed by atoms with Crippen molar-refractivity contribution < 1.29 is 14.6 Å². The van der Waals surface area contributed by atoms with Crippen molar-refractivity contribution in [3.63, 3.8) is 0 Å². The number of ether oxygens (including phenoxy) is 1. The van der Waals surface area contributed by atoms with Gasteiger partial charge in [0.1, 0.15) is 6.10 Å². The molecule has 130 valence electrons. The molecule has 0 saturated carbocycles. The molecule has 1 heterocycles. The Bertz CT molecular complexity index is 396. The van der Waals surface area contributed by atoms with Crippen LogP contribution in [0.15, 0.2) is 36.5 Å². The van der Waals surface area contributed by atoms with Gasteiger partial charge >= 0.3 is 5.97 Å². The lowest BCUT2D eigenvalue weighted by Gasteiger charge is -2.25. The monoisotopic (exact) mass is 320 g/mol. The van der Waals surface area contributed by atoms with Gasteiger partial charge in [0.2, 0.25) is 0 Å². The number of carbonyl (C=O) groups is 1. The van der Waals surface area contributed by atoms with Gasteiger partial charge in [0.05, 0.1) is 6.10 Å². The fraction of sp³-hybridized carbons (Fsp3) is 0.650. The van der Waals surface area contributed by atoms with Gasteiger partial charge in [0.25, 0.3) is 0 Å². The summed E-state index contributed by atoms with van der Waals surface area (Å²) < 4.78 is 5.16. The molecule has 3 nitrogen and oxygen atoms in total. The number of esters is 1. The number of allylic oxidation sites excluding steroid dienone is 5. The van der Waals surface area contributed by atoms with Crippen molar-refractivity contribution in [2.75, 3.05) is 0 Å². The number of cyclic esters (lactones) is 1. The minimum atomic E-state index is -0.578. The Morgan fingerprint density at radius 2 is 1.83 bits per heavy atom. The molecule has 1 N–H and O–H groups in total. The van der Waals surface area contributed by atoms with Crippen LogP contribution in [0, 0.1) is 0 Å². The maximum absolute atomic E-state index is 11.2. The van der Waals surface area contributed by atoms with Gasteiger partial charge in [0, 0.05) is 6.42 Å². The molecule has 23 heavy (non-hydrogen) atoms. The van der Waals surface area contributed by atoms with Crippen molar-refractivity contribution in [3.05, 3.63) is 36.5 Å². The normalized spacial score (nSPS) is 20.6. The molecule has 0 spiro atoms. The van der Waals surface area contributed by atoms with Gasteiger partial charge in [-0.1, -0.05) is 56.2 Å². The van der Waals surface area contributed by atoms with Gasteiger partial charge in [-0.2, -0.15) is 0 Å². The van der Waals surface area contributed by atoms with Gasteiger partial charge in [-0.25, -0.2) is 0 Å². The SMILES string of the molecule is CCCCC/C=C\C/C=C\C/C=C\C[C@@H](O)[C@H]1CCCC(=O)O1. The van der Waals surface area contributed by atoms with Gasteiger partial charge in [-0.05, 0) is 44.9 Å². The molecule has 0 aromatic rings. The third-order valence-corrected chi connectivity index (χ3v) is 3.98. The molecule has 0 aromatic carbocycles. The minimum Gasteiger partial charge on any atom is -0.460 e. The maximum Gasteiger partial charge on any atom is 0.306 e. The Labute approximate surface area is 141 Å². The number of aliphatic hydroxyl groups is 1. The molecule has 1 aliphatic heterocycles. The van der Waals surface area contributed by atoms with E-state index in [-0.39, 0.29) is 12.1 Å². The van der Waals surface area contributed by atoms with Crippen LogP contribution in [0.4, 0.5) is 0 Å². The number of hydrogen-bond acceptors (Lipinski definition) is 3. The zero-order valence-electron chi connectivity index (χ0n) is 14.5. The lowest BCUT2D eigenvalue weighted by Crippen LogP contribution is -2.34. The summed E-state index contributed by atoms with van der Waals surface area (Å²) in [5.74, 6) is -0.185. The molecule has 0 unspecified atom stereocenters. The summed E-state index contributed by atoms with van der Waals surface area (Å²) in [5, 5.41) is 10.00. The number of hydrogen-bond donors (Lipinski definition) is 1. The van der Waals surface area contributed by atoms with Gasteiger partial charge < -0.3 is 9.84 Å². The summed E-state index contributed by atoms with van der Waals surface area (Å²) in [4.78, 5) is 11.2. The van der Waals surface area contributed by atoms with Crippen LogP contribution in [-0.2, 0) is 9.53 Å². The average Bonchev–Trinajstić information content (AvgIpc) is 2.55. The van der Waals surface area contributed by atoms with Crippen LogP contribution in [0.1, 0.15) is 71.1 Å². The van der Waals surface area contributed by atoms with E-state index in [1.807, 2.05) is 6.08 Å². The number of carbonyl (C=O) groups excluding carboxylic acids is 1. The minimum absolute atomic E-state index is 0.185. The van der Waals surface area contributed by atoms with E-state index < -0.39 is 6.10 Å². The summed E-state index contributed by atoms with van der Waals surface area (Å²) in [6.07, 6.45) is 21.5. The van der Waals surface area contributed by atoms with Crippen LogP contribution in [0.5, 0.6) is 0 Å². The first-order valence-electron chi connectivity index (χ1n) is 9.06. The van der Waals surface area contributed by atoms with Gasteiger partial charge in [0.15, 0.2) is 0 Å². The third kappa shape index (κ3) is 10.1. The molecule has 1 rings (SSSR count). The highest BCUT2D eigenvalue weighted by Crippen LogP contribution is 2.18. The first-order chi connectivity index (χ1) is 11.2. The van der Waals surface area contributed by atoms with Crippen LogP contribution >= 0.6 is 0 Å². The Morgan fingerprint density at radius 3 is 2.52 bits per heavy atom. The third-order valence-electron chi connectivity index (χ3n) is 3.98. The van der Waals surface area contributed by atoms with Crippen LogP contribution in [0.2, 0.25) is 0 Å². The Balaban J connectivity index is 2.05. The van der Waals surface area contributed by atoms with Crippen molar-refractivity contribution in [3.8, 4) is 0 Å². The molecule has 0 aliphatic carbocycles. The summed E-state index contributed by atoms with van der Waals surface area (Å²) in [7, 11) is 0. The number of aliphatic hydroxyl groups excluding tert-OH is 1. The molecule has 0 amide bonds. The van der Waals surface area contributed by atoms with E-state index in [4.69, 9.17) is 4.74 Å². The van der Waals surface area contributed by atoms with Crippen molar-refractivity contribution >= 4 is 5.97 Å². The fourth-order valence-electron chi connectivity index (χ4n) is 2.56. The zero-order valence-corrected chi connectivity index (χ0v) is 14.5. The summed E-state index contributed by atoms with van der Waals surface area (Å²) in [6.45, 7) is 2.22. The quantitative estimate of drug-likeness (QED) is 0.336. The smallest absolute Gasteiger partial charge is 0.306 e. The van der Waals surface area contributed by atoms with E-state index in [0.29, 0.717) is 12.8 Å². The lowest BCUT2D eigenvalue weighted by atomic mass is 10.0. The lowest BCUT2D eigenvalue weighted by molar-refractivity contribution is -0.160. The van der Waals surface area contributed by atoms with E-state index in [1.54, 1.807) is 0 Å². The van der Waals surface area contributed by atoms with E-state index >= 15 is 0 Å². The average molecular weight is 320 g/mol. The highest BCUT2D eigenvalue weighted by Gasteiger charge is 2.26. The van der Waals surface area contributed by atoms with Crippen molar-refractivity contribution in [2.45, 2.75) is 83.3 Å². The molecule has 2 atom stereocenters. The van der Waals surface area contributed by atoms with Crippen LogP contribution in [-0.4, -0.2) is 23.3 Å². The predicted molar refractivity (Wildman–Crippen MR) is 95.2 cm³/mol. The highest BCUT2D eigenvalue weighted by molar-refractivity contribution is 5.70. The standard InChI is InChI=1S/C20H32O3/c1-2-3-4-5-6-7-8-9-10-11-12-13-15-18(21)19-16-14-17-20(22)23-19/h6-7,9-10,12-13,18-19,21H,2-5,8,11,14-17H2,1H3/b7-6-,10-9-,13-12-/t18-,19-/m1/s1. The predicted octanol–water partition coefficient (Wildman–Crippen LogP) is 4.86. The van der Waals surface area contributed by atoms with Gasteiger partial charge in [-0.3, -0.25) is 4.79 Å². The number of unbranched alkanes of at least 4 members (excludes halogenated alkanes) is 3. The van der Waals surface area contributed by atoms with E-state index in [2.05, 4.69) is 37.3 Å². The molecule has 1 saturated heterocycles. The van der Waals surface area contributed by atoms with E-state index in [1.165, 1.54) is 25.7 Å². The second-order valence-corrected chi connectivity index (χ2v) is 6.10. The second-order valence-electron chi connectivity index (χ2n) is 6.10. The zero-order chi connectivity index (χ0) is 16.8. The van der Waals surface area contributed by atoms with E-state index in [9.17, 15) is 9.90 Å². The summed E-state index contributed by atoms with van der Waals surface area (Å²) >= 11 is 0. The topological polar surface area (TPSA) is 46.5 Å². The summed E-state index contributed by atoms with van der Waals surface area (Å²) in [6, 6.07) is 0. The first-order valence-corrected chi connectivity index (χ1v) is 9.06. The Hall–Kier alpha value is -1.35. The molecular weight excluding hydrogens is 288 g/mol. The molecule has 1 aliphatic rings. The molecule has 0 bridgehead atoms. The Morgan fingerprint density at radius 1 is 1.13 bits per heavy atom. The molecular formula is C20H32O3. The van der Waals surface area contributed by atoms with E-state index in [0.717, 1.165) is 25.7 Å². The van der Waals surface area contributed by atoms with Crippen LogP contribution in [0.3, 0.4) is 0 Å². The van der Waals surface area contributed by atoms with Crippen LogP contribution in [0.25, 0.3) is 0 Å².